The van der Waals surface area contributed by atoms with Gasteiger partial charge in [0.2, 0.25) is 0 Å². The van der Waals surface area contributed by atoms with Gasteiger partial charge >= 0.3 is 0 Å². The number of carbonyl (C=O) groups excluding carboxylic acids is 1. The Labute approximate surface area is 166 Å². The first-order valence-electron chi connectivity index (χ1n) is 8.84. The molecule has 1 aromatic heterocycles. The largest absolute Gasteiger partial charge is 0.497 e. The highest BCUT2D eigenvalue weighted by molar-refractivity contribution is 5.92. The van der Waals surface area contributed by atoms with Gasteiger partial charge in [-0.3, -0.25) is 9.48 Å². The van der Waals surface area contributed by atoms with Crippen LogP contribution >= 0.6 is 12.4 Å². The molecule has 1 aromatic carbocycles. The van der Waals surface area contributed by atoms with Crippen molar-refractivity contribution >= 4 is 18.3 Å². The molecule has 148 valence electrons. The van der Waals surface area contributed by atoms with Gasteiger partial charge in [-0.1, -0.05) is 0 Å². The SMILES string of the molecule is COc1ccc(CN(C)C(=O)c2ccn(C3CCCNC3)n2)c(OC)c1.Cl. The van der Waals surface area contributed by atoms with Crippen LogP contribution in [0.3, 0.4) is 0 Å². The number of piperidine rings is 1. The molecule has 1 N–H and O–H groups in total. The van der Waals surface area contributed by atoms with Crippen LogP contribution in [-0.4, -0.2) is 54.9 Å². The minimum atomic E-state index is -0.106. The number of nitrogens with one attached hydrogen (secondary N) is 1. The molecule has 2 aromatic rings. The third-order valence-electron chi connectivity index (χ3n) is 4.72. The third-order valence-corrected chi connectivity index (χ3v) is 4.72. The molecule has 0 aliphatic carbocycles. The molecular formula is C19H27ClN4O3. The Morgan fingerprint density at radius 2 is 2.15 bits per heavy atom. The molecule has 7 nitrogen and oxygen atoms in total. The molecule has 1 unspecified atom stereocenters. The second kappa shape index (κ2) is 9.62. The maximum absolute atomic E-state index is 12.7. The molecule has 3 rings (SSSR count). The van der Waals surface area contributed by atoms with Crippen molar-refractivity contribution in [3.05, 3.63) is 41.7 Å². The number of hydrogen-bond acceptors (Lipinski definition) is 5. The van der Waals surface area contributed by atoms with Crippen molar-refractivity contribution < 1.29 is 14.3 Å². The number of amides is 1. The zero-order valence-corrected chi connectivity index (χ0v) is 16.8. The van der Waals surface area contributed by atoms with Crippen LogP contribution in [0, 0.1) is 0 Å². The minimum absolute atomic E-state index is 0. The average molecular weight is 395 g/mol. The summed E-state index contributed by atoms with van der Waals surface area (Å²) in [5.41, 5.74) is 1.38. The first-order chi connectivity index (χ1) is 12.6. The standard InChI is InChI=1S/C19H26N4O3.ClH/c1-22(13-14-6-7-16(25-2)11-18(14)26-3)19(24)17-8-10-23(21-17)15-5-4-9-20-12-15;/h6-8,10-11,15,20H,4-5,9,12-13H2,1-3H3;1H. The highest BCUT2D eigenvalue weighted by Crippen LogP contribution is 2.26. The van der Waals surface area contributed by atoms with Crippen molar-refractivity contribution in [2.45, 2.75) is 25.4 Å². The van der Waals surface area contributed by atoms with E-state index in [-0.39, 0.29) is 18.3 Å². The number of carbonyl (C=O) groups is 1. The van der Waals surface area contributed by atoms with Crippen LogP contribution in [0.15, 0.2) is 30.5 Å². The maximum atomic E-state index is 12.7. The number of benzene rings is 1. The quantitative estimate of drug-likeness (QED) is 0.815. The lowest BCUT2D eigenvalue weighted by molar-refractivity contribution is 0.0777. The Balaban J connectivity index is 0.00000261. The number of aromatic nitrogens is 2. The summed E-state index contributed by atoms with van der Waals surface area (Å²) in [5, 5.41) is 7.87. The van der Waals surface area contributed by atoms with Crippen LogP contribution in [0.2, 0.25) is 0 Å². The topological polar surface area (TPSA) is 68.6 Å². The van der Waals surface area contributed by atoms with Gasteiger partial charge in [-0.2, -0.15) is 5.10 Å². The van der Waals surface area contributed by atoms with Crippen LogP contribution in [0.4, 0.5) is 0 Å². The first kappa shape index (κ1) is 21.1. The molecule has 1 aliphatic heterocycles. The van der Waals surface area contributed by atoms with Gasteiger partial charge in [0.1, 0.15) is 17.2 Å². The van der Waals surface area contributed by atoms with Crippen molar-refractivity contribution in [3.8, 4) is 11.5 Å². The van der Waals surface area contributed by atoms with Crippen LogP contribution in [-0.2, 0) is 6.54 Å². The predicted octanol–water partition coefficient (Wildman–Crippen LogP) is 2.52. The van der Waals surface area contributed by atoms with Crippen molar-refractivity contribution in [3.63, 3.8) is 0 Å². The van der Waals surface area contributed by atoms with E-state index in [1.165, 1.54) is 0 Å². The van der Waals surface area contributed by atoms with E-state index in [4.69, 9.17) is 9.47 Å². The Kier molecular flexibility index (Phi) is 7.50. The molecule has 0 saturated carbocycles. The van der Waals surface area contributed by atoms with E-state index in [2.05, 4.69) is 10.4 Å². The van der Waals surface area contributed by atoms with Gasteiger partial charge in [0, 0.05) is 38.0 Å². The fourth-order valence-corrected chi connectivity index (χ4v) is 3.22. The van der Waals surface area contributed by atoms with E-state index in [1.807, 2.05) is 29.1 Å². The van der Waals surface area contributed by atoms with Crippen LogP contribution in [0.5, 0.6) is 11.5 Å². The molecule has 1 aliphatic rings. The van der Waals surface area contributed by atoms with Crippen LogP contribution in [0.25, 0.3) is 0 Å². The smallest absolute Gasteiger partial charge is 0.274 e. The van der Waals surface area contributed by atoms with Gasteiger partial charge < -0.3 is 19.7 Å². The number of halogens is 1. The van der Waals surface area contributed by atoms with Gasteiger partial charge in [0.25, 0.3) is 5.91 Å². The average Bonchev–Trinajstić information content (AvgIpc) is 3.18. The summed E-state index contributed by atoms with van der Waals surface area (Å²) in [7, 11) is 5.00. The zero-order valence-electron chi connectivity index (χ0n) is 16.0. The summed E-state index contributed by atoms with van der Waals surface area (Å²) in [6.07, 6.45) is 4.11. The van der Waals surface area contributed by atoms with Crippen molar-refractivity contribution in [1.29, 1.82) is 0 Å². The molecule has 1 amide bonds. The number of rotatable bonds is 6. The maximum Gasteiger partial charge on any atom is 0.274 e. The molecule has 2 heterocycles. The molecule has 0 bridgehead atoms. The summed E-state index contributed by atoms with van der Waals surface area (Å²) in [4.78, 5) is 14.4. The van der Waals surface area contributed by atoms with Gasteiger partial charge in [-0.25, -0.2) is 0 Å². The zero-order chi connectivity index (χ0) is 18.5. The van der Waals surface area contributed by atoms with Crippen LogP contribution in [0.1, 0.15) is 34.9 Å². The Morgan fingerprint density at radius 1 is 1.33 bits per heavy atom. The van der Waals surface area contributed by atoms with E-state index in [9.17, 15) is 4.79 Å². The van der Waals surface area contributed by atoms with Crippen molar-refractivity contribution in [2.24, 2.45) is 0 Å². The van der Waals surface area contributed by atoms with Gasteiger partial charge in [0.05, 0.1) is 20.3 Å². The Morgan fingerprint density at radius 3 is 2.81 bits per heavy atom. The lowest BCUT2D eigenvalue weighted by Gasteiger charge is -2.23. The number of ether oxygens (including phenoxy) is 2. The number of methoxy groups -OCH3 is 2. The monoisotopic (exact) mass is 394 g/mol. The summed E-state index contributed by atoms with van der Waals surface area (Å²) in [6, 6.07) is 7.70. The molecule has 1 atom stereocenters. The molecule has 0 spiro atoms. The molecule has 0 radical (unpaired) electrons. The van der Waals surface area contributed by atoms with E-state index in [1.54, 1.807) is 32.2 Å². The molecule has 1 fully saturated rings. The molecular weight excluding hydrogens is 368 g/mol. The fourth-order valence-electron chi connectivity index (χ4n) is 3.22. The van der Waals surface area contributed by atoms with E-state index in [0.717, 1.165) is 37.2 Å². The van der Waals surface area contributed by atoms with E-state index >= 15 is 0 Å². The van der Waals surface area contributed by atoms with E-state index in [0.29, 0.717) is 24.0 Å². The normalized spacial score (nSPS) is 16.3. The number of nitrogens with zero attached hydrogens (tertiary/aromatic N) is 3. The summed E-state index contributed by atoms with van der Waals surface area (Å²) < 4.78 is 12.5. The number of hydrogen-bond donors (Lipinski definition) is 1. The van der Waals surface area contributed by atoms with Gasteiger partial charge in [0.15, 0.2) is 0 Å². The fraction of sp³-hybridized carbons (Fsp3) is 0.474. The Hall–Kier alpha value is -2.25. The van der Waals surface area contributed by atoms with Crippen molar-refractivity contribution in [2.75, 3.05) is 34.4 Å². The lowest BCUT2D eigenvalue weighted by atomic mass is 10.1. The Bertz CT molecular complexity index is 759. The second-order valence-electron chi connectivity index (χ2n) is 6.52. The summed E-state index contributed by atoms with van der Waals surface area (Å²) in [6.45, 7) is 2.38. The molecule has 27 heavy (non-hydrogen) atoms. The summed E-state index contributed by atoms with van der Waals surface area (Å²) in [5.74, 6) is 1.31. The third kappa shape index (κ3) is 4.93. The lowest BCUT2D eigenvalue weighted by Crippen LogP contribution is -2.32. The highest BCUT2D eigenvalue weighted by atomic mass is 35.5. The highest BCUT2D eigenvalue weighted by Gasteiger charge is 2.20. The van der Waals surface area contributed by atoms with E-state index < -0.39 is 0 Å². The molecule has 8 heteroatoms. The predicted molar refractivity (Wildman–Crippen MR) is 106 cm³/mol. The van der Waals surface area contributed by atoms with Crippen molar-refractivity contribution in [1.82, 2.24) is 20.0 Å². The first-order valence-corrected chi connectivity index (χ1v) is 8.84. The van der Waals surface area contributed by atoms with Gasteiger partial charge in [-0.05, 0) is 37.6 Å². The second-order valence-corrected chi connectivity index (χ2v) is 6.52. The van der Waals surface area contributed by atoms with Crippen LogP contribution < -0.4 is 14.8 Å². The molecule has 1 saturated heterocycles. The minimum Gasteiger partial charge on any atom is -0.497 e. The summed E-state index contributed by atoms with van der Waals surface area (Å²) >= 11 is 0. The van der Waals surface area contributed by atoms with Gasteiger partial charge in [-0.15, -0.1) is 12.4 Å².